The van der Waals surface area contributed by atoms with Gasteiger partial charge in [-0.2, -0.15) is 0 Å². The van der Waals surface area contributed by atoms with Crippen molar-refractivity contribution in [3.63, 3.8) is 0 Å². The maximum Gasteiger partial charge on any atom is 0.338 e. The lowest BCUT2D eigenvalue weighted by Gasteiger charge is -2.35. The van der Waals surface area contributed by atoms with Gasteiger partial charge in [-0.15, -0.1) is 0 Å². The summed E-state index contributed by atoms with van der Waals surface area (Å²) in [5.74, 6) is -0.602. The van der Waals surface area contributed by atoms with E-state index < -0.39 is 12.0 Å². The van der Waals surface area contributed by atoms with Crippen LogP contribution in [0.2, 0.25) is 0 Å². The fourth-order valence-electron chi connectivity index (χ4n) is 3.89. The first-order valence-corrected chi connectivity index (χ1v) is 11.1. The van der Waals surface area contributed by atoms with Crippen LogP contribution in [-0.4, -0.2) is 35.5 Å². The molecule has 1 unspecified atom stereocenters. The van der Waals surface area contributed by atoms with Crippen molar-refractivity contribution >= 4 is 45.7 Å². The van der Waals surface area contributed by atoms with Crippen molar-refractivity contribution in [3.05, 3.63) is 89.1 Å². The third-order valence-electron chi connectivity index (χ3n) is 5.74. The highest BCUT2D eigenvalue weighted by molar-refractivity contribution is 7.80. The number of carbonyl (C=O) groups excluding carboxylic acids is 2. The Labute approximate surface area is 198 Å². The number of fused-ring (bicyclic) bond motifs is 1. The van der Waals surface area contributed by atoms with Gasteiger partial charge in [0.25, 0.3) is 5.91 Å². The second kappa shape index (κ2) is 9.42. The molecular formula is C26H25N3O3S. The summed E-state index contributed by atoms with van der Waals surface area (Å²) in [4.78, 5) is 27.4. The van der Waals surface area contributed by atoms with Gasteiger partial charge in [0.15, 0.2) is 5.11 Å². The van der Waals surface area contributed by atoms with Crippen LogP contribution in [0.1, 0.15) is 35.8 Å². The number of allylic oxidation sites excluding steroid dienone is 1. The van der Waals surface area contributed by atoms with Gasteiger partial charge in [0.1, 0.15) is 0 Å². The first-order valence-electron chi connectivity index (χ1n) is 10.7. The number of nitrogens with one attached hydrogen (secondary N) is 2. The molecule has 33 heavy (non-hydrogen) atoms. The second-order valence-electron chi connectivity index (χ2n) is 7.80. The van der Waals surface area contributed by atoms with Gasteiger partial charge in [-0.3, -0.25) is 4.79 Å². The van der Waals surface area contributed by atoms with Gasteiger partial charge in [-0.1, -0.05) is 42.5 Å². The van der Waals surface area contributed by atoms with Crippen LogP contribution in [0, 0.1) is 0 Å². The van der Waals surface area contributed by atoms with Crippen molar-refractivity contribution in [2.24, 2.45) is 0 Å². The molecule has 1 aliphatic heterocycles. The molecule has 1 heterocycles. The van der Waals surface area contributed by atoms with Crippen LogP contribution < -0.4 is 10.6 Å². The van der Waals surface area contributed by atoms with Crippen LogP contribution in [-0.2, 0) is 9.53 Å². The molecule has 0 radical (unpaired) electrons. The SMILES string of the molecule is CCOC(=O)C1=C(C)N(C)C(=S)NC1c1cccc(NC(=O)c2ccc3ccccc3c2)c1. The van der Waals surface area contributed by atoms with E-state index in [1.165, 1.54) is 0 Å². The minimum Gasteiger partial charge on any atom is -0.463 e. The zero-order chi connectivity index (χ0) is 23.5. The lowest BCUT2D eigenvalue weighted by atomic mass is 9.94. The summed E-state index contributed by atoms with van der Waals surface area (Å²) >= 11 is 5.45. The second-order valence-corrected chi connectivity index (χ2v) is 8.19. The average molecular weight is 460 g/mol. The van der Waals surface area contributed by atoms with Crippen molar-refractivity contribution in [1.82, 2.24) is 10.2 Å². The van der Waals surface area contributed by atoms with Crippen molar-refractivity contribution in [3.8, 4) is 0 Å². The molecule has 7 heteroatoms. The number of benzene rings is 3. The zero-order valence-electron chi connectivity index (χ0n) is 18.7. The number of hydrogen-bond acceptors (Lipinski definition) is 4. The van der Waals surface area contributed by atoms with Gasteiger partial charge in [-0.25, -0.2) is 4.79 Å². The molecule has 2 N–H and O–H groups in total. The molecule has 1 amide bonds. The summed E-state index contributed by atoms with van der Waals surface area (Å²) in [6.07, 6.45) is 0. The molecule has 6 nitrogen and oxygen atoms in total. The van der Waals surface area contributed by atoms with E-state index in [4.69, 9.17) is 17.0 Å². The number of esters is 1. The standard InChI is InChI=1S/C26H25N3O3S/c1-4-32-25(31)22-16(2)29(3)26(33)28-23(22)19-10-7-11-21(15-19)27-24(30)20-13-12-17-8-5-6-9-18(17)14-20/h5-15,23H,4H2,1-3H3,(H,27,30)(H,28,33). The number of rotatable bonds is 5. The van der Waals surface area contributed by atoms with Crippen LogP contribution in [0.5, 0.6) is 0 Å². The molecule has 0 saturated heterocycles. The highest BCUT2D eigenvalue weighted by Gasteiger charge is 2.33. The largest absolute Gasteiger partial charge is 0.463 e. The Morgan fingerprint density at radius 2 is 1.82 bits per heavy atom. The van der Waals surface area contributed by atoms with Crippen LogP contribution in [0.4, 0.5) is 5.69 Å². The number of amides is 1. The Bertz CT molecular complexity index is 1280. The summed E-state index contributed by atoms with van der Waals surface area (Å²) in [5, 5.41) is 8.77. The molecule has 0 bridgehead atoms. The van der Waals surface area contributed by atoms with Crippen LogP contribution in [0.3, 0.4) is 0 Å². The fraction of sp³-hybridized carbons (Fsp3) is 0.192. The van der Waals surface area contributed by atoms with E-state index in [9.17, 15) is 9.59 Å². The van der Waals surface area contributed by atoms with Crippen LogP contribution in [0.25, 0.3) is 10.8 Å². The molecule has 3 aromatic carbocycles. The monoisotopic (exact) mass is 459 g/mol. The average Bonchev–Trinajstić information content (AvgIpc) is 2.82. The molecule has 0 saturated carbocycles. The summed E-state index contributed by atoms with van der Waals surface area (Å²) in [5.41, 5.74) is 3.21. The Morgan fingerprint density at radius 1 is 1.06 bits per heavy atom. The first kappa shape index (κ1) is 22.5. The summed E-state index contributed by atoms with van der Waals surface area (Å²) in [6, 6.07) is 20.4. The van der Waals surface area contributed by atoms with Gasteiger partial charge in [-0.05, 0) is 66.7 Å². The maximum absolute atomic E-state index is 12.9. The normalized spacial score (nSPS) is 15.9. The van der Waals surface area contributed by atoms with Gasteiger partial charge in [0.2, 0.25) is 0 Å². The van der Waals surface area contributed by atoms with E-state index in [1.807, 2.05) is 73.7 Å². The number of carbonyl (C=O) groups is 2. The first-order chi connectivity index (χ1) is 15.9. The number of hydrogen-bond donors (Lipinski definition) is 2. The Kier molecular flexibility index (Phi) is 6.42. The Hall–Kier alpha value is -3.71. The molecule has 4 rings (SSSR count). The lowest BCUT2D eigenvalue weighted by Crippen LogP contribution is -2.46. The number of nitrogens with zero attached hydrogens (tertiary/aromatic N) is 1. The molecule has 3 aromatic rings. The molecule has 0 spiro atoms. The van der Waals surface area contributed by atoms with Crippen molar-refractivity contribution in [2.75, 3.05) is 19.0 Å². The lowest BCUT2D eigenvalue weighted by molar-refractivity contribution is -0.139. The van der Waals surface area contributed by atoms with E-state index in [2.05, 4.69) is 10.6 Å². The van der Waals surface area contributed by atoms with Gasteiger partial charge in [0.05, 0.1) is 18.2 Å². The smallest absolute Gasteiger partial charge is 0.338 e. The molecule has 0 fully saturated rings. The summed E-state index contributed by atoms with van der Waals surface area (Å²) in [6.45, 7) is 3.90. The van der Waals surface area contributed by atoms with E-state index in [-0.39, 0.29) is 12.5 Å². The van der Waals surface area contributed by atoms with Crippen molar-refractivity contribution in [1.29, 1.82) is 0 Å². The van der Waals surface area contributed by atoms with Gasteiger partial charge in [0, 0.05) is 24.0 Å². The van der Waals surface area contributed by atoms with E-state index in [0.29, 0.717) is 21.9 Å². The third kappa shape index (κ3) is 4.59. The minimum atomic E-state index is -0.481. The van der Waals surface area contributed by atoms with E-state index in [0.717, 1.165) is 22.0 Å². The van der Waals surface area contributed by atoms with Gasteiger partial charge < -0.3 is 20.3 Å². The molecular weight excluding hydrogens is 434 g/mol. The number of ether oxygens (including phenoxy) is 1. The quantitative estimate of drug-likeness (QED) is 0.422. The highest BCUT2D eigenvalue weighted by atomic mass is 32.1. The Balaban J connectivity index is 1.63. The highest BCUT2D eigenvalue weighted by Crippen LogP contribution is 2.32. The fourth-order valence-corrected chi connectivity index (χ4v) is 4.14. The van der Waals surface area contributed by atoms with Crippen molar-refractivity contribution < 1.29 is 14.3 Å². The molecule has 168 valence electrons. The summed E-state index contributed by atoms with van der Waals surface area (Å²) in [7, 11) is 1.81. The van der Waals surface area contributed by atoms with Crippen molar-refractivity contribution in [2.45, 2.75) is 19.9 Å². The summed E-state index contributed by atoms with van der Waals surface area (Å²) < 4.78 is 5.30. The number of thiocarbonyl (C=S) groups is 1. The van der Waals surface area contributed by atoms with E-state index >= 15 is 0 Å². The van der Waals surface area contributed by atoms with E-state index in [1.54, 1.807) is 18.9 Å². The van der Waals surface area contributed by atoms with Crippen LogP contribution >= 0.6 is 12.2 Å². The molecule has 0 aliphatic carbocycles. The maximum atomic E-state index is 12.9. The predicted octanol–water partition coefficient (Wildman–Crippen LogP) is 4.79. The van der Waals surface area contributed by atoms with Crippen LogP contribution in [0.15, 0.2) is 78.0 Å². The van der Waals surface area contributed by atoms with Gasteiger partial charge >= 0.3 is 5.97 Å². The zero-order valence-corrected chi connectivity index (χ0v) is 19.5. The molecule has 1 aliphatic rings. The number of anilines is 1. The minimum absolute atomic E-state index is 0.206. The predicted molar refractivity (Wildman–Crippen MR) is 134 cm³/mol. The Morgan fingerprint density at radius 3 is 2.58 bits per heavy atom. The molecule has 0 aromatic heterocycles. The third-order valence-corrected chi connectivity index (χ3v) is 6.13. The topological polar surface area (TPSA) is 70.7 Å². The molecule has 1 atom stereocenters.